The van der Waals surface area contributed by atoms with Crippen molar-refractivity contribution in [1.29, 1.82) is 0 Å². The number of carbonyl (C=O) groups excluding carboxylic acids is 1. The first-order valence-corrected chi connectivity index (χ1v) is 8.18. The molecule has 0 radical (unpaired) electrons. The van der Waals surface area contributed by atoms with Gasteiger partial charge in [-0.25, -0.2) is 4.79 Å². The Morgan fingerprint density at radius 3 is 2.71 bits per heavy atom. The first-order chi connectivity index (χ1) is 11.3. The van der Waals surface area contributed by atoms with Gasteiger partial charge in [-0.05, 0) is 33.6 Å². The molecule has 8 nitrogen and oxygen atoms in total. The van der Waals surface area contributed by atoms with Gasteiger partial charge in [0.1, 0.15) is 5.60 Å². The number of aromatic nitrogens is 4. The molecule has 2 aromatic rings. The van der Waals surface area contributed by atoms with Crippen LogP contribution in [0.5, 0.6) is 0 Å². The monoisotopic (exact) mass is 331 g/mol. The van der Waals surface area contributed by atoms with Crippen LogP contribution in [0.3, 0.4) is 0 Å². The van der Waals surface area contributed by atoms with Gasteiger partial charge in [-0.3, -0.25) is 9.58 Å². The summed E-state index contributed by atoms with van der Waals surface area (Å²) in [5.74, 6) is 1.61. The normalized spacial score (nSPS) is 17.2. The van der Waals surface area contributed by atoms with Crippen LogP contribution in [-0.4, -0.2) is 36.5 Å². The first kappa shape index (κ1) is 15.2. The molecular weight excluding hydrogens is 310 g/mol. The van der Waals surface area contributed by atoms with E-state index in [0.29, 0.717) is 30.6 Å². The van der Waals surface area contributed by atoms with Gasteiger partial charge in [-0.15, -0.1) is 0 Å². The molecule has 0 aromatic carbocycles. The molecule has 0 spiro atoms. The third-order valence-electron chi connectivity index (χ3n) is 4.20. The molecule has 1 saturated carbocycles. The third kappa shape index (κ3) is 2.65. The number of rotatable bonds is 2. The van der Waals surface area contributed by atoms with Crippen LogP contribution in [0.2, 0.25) is 0 Å². The predicted octanol–water partition coefficient (Wildman–Crippen LogP) is 2.60. The molecule has 2 aromatic heterocycles. The Morgan fingerprint density at radius 1 is 1.29 bits per heavy atom. The lowest BCUT2D eigenvalue weighted by Gasteiger charge is -2.24. The molecule has 0 atom stereocenters. The topological polar surface area (TPSA) is 86.3 Å². The molecule has 24 heavy (non-hydrogen) atoms. The van der Waals surface area contributed by atoms with Crippen LogP contribution >= 0.6 is 0 Å². The Balaban J connectivity index is 1.58. The average molecular weight is 331 g/mol. The minimum Gasteiger partial charge on any atom is -0.444 e. The molecule has 3 heterocycles. The van der Waals surface area contributed by atoms with Crippen LogP contribution < -0.4 is 0 Å². The number of amides is 1. The van der Waals surface area contributed by atoms with E-state index in [2.05, 4.69) is 15.2 Å². The maximum absolute atomic E-state index is 12.3. The highest BCUT2D eigenvalue weighted by Crippen LogP contribution is 2.39. The van der Waals surface area contributed by atoms with Gasteiger partial charge < -0.3 is 9.26 Å². The number of carbonyl (C=O) groups is 1. The second kappa shape index (κ2) is 5.06. The number of aryl methyl sites for hydroxylation is 1. The van der Waals surface area contributed by atoms with Gasteiger partial charge in [0.05, 0.1) is 18.8 Å². The van der Waals surface area contributed by atoms with E-state index in [9.17, 15) is 4.79 Å². The summed E-state index contributed by atoms with van der Waals surface area (Å²) in [6.07, 6.45) is 1.91. The molecule has 2 aliphatic rings. The van der Waals surface area contributed by atoms with Crippen LogP contribution in [0.1, 0.15) is 56.6 Å². The fourth-order valence-electron chi connectivity index (χ4n) is 2.86. The van der Waals surface area contributed by atoms with Gasteiger partial charge in [0.15, 0.2) is 11.5 Å². The molecule has 4 rings (SSSR count). The second-order valence-electron chi connectivity index (χ2n) is 7.47. The molecular formula is C16H21N5O3. The van der Waals surface area contributed by atoms with Crippen molar-refractivity contribution in [1.82, 2.24) is 24.8 Å². The zero-order valence-corrected chi connectivity index (χ0v) is 14.4. The minimum absolute atomic E-state index is 0.325. The summed E-state index contributed by atoms with van der Waals surface area (Å²) >= 11 is 0. The van der Waals surface area contributed by atoms with Crippen molar-refractivity contribution in [3.05, 3.63) is 17.1 Å². The smallest absolute Gasteiger partial charge is 0.410 e. The van der Waals surface area contributed by atoms with Crippen molar-refractivity contribution >= 4 is 6.09 Å². The Morgan fingerprint density at radius 2 is 2.04 bits per heavy atom. The highest BCUT2D eigenvalue weighted by atomic mass is 16.6. The highest BCUT2D eigenvalue weighted by Gasteiger charge is 2.35. The molecule has 1 fully saturated rings. The van der Waals surface area contributed by atoms with E-state index in [0.717, 1.165) is 29.9 Å². The number of hydrogen-bond donors (Lipinski definition) is 0. The minimum atomic E-state index is -0.515. The summed E-state index contributed by atoms with van der Waals surface area (Å²) < 4.78 is 12.6. The summed E-state index contributed by atoms with van der Waals surface area (Å²) in [6, 6.07) is 0. The predicted molar refractivity (Wildman–Crippen MR) is 84.0 cm³/mol. The van der Waals surface area contributed by atoms with Crippen LogP contribution in [0.4, 0.5) is 4.79 Å². The van der Waals surface area contributed by atoms with Crippen LogP contribution in [-0.2, 0) is 24.9 Å². The molecule has 1 aliphatic heterocycles. The summed E-state index contributed by atoms with van der Waals surface area (Å²) in [4.78, 5) is 18.5. The van der Waals surface area contributed by atoms with Gasteiger partial charge in [0, 0.05) is 18.5 Å². The van der Waals surface area contributed by atoms with E-state index in [1.165, 1.54) is 0 Å². The molecule has 0 bridgehead atoms. The van der Waals surface area contributed by atoms with Crippen molar-refractivity contribution < 1.29 is 14.1 Å². The largest absolute Gasteiger partial charge is 0.444 e. The van der Waals surface area contributed by atoms with E-state index in [1.54, 1.807) is 9.58 Å². The van der Waals surface area contributed by atoms with E-state index in [1.807, 2.05) is 27.8 Å². The van der Waals surface area contributed by atoms with Gasteiger partial charge in [0.25, 0.3) is 5.89 Å². The lowest BCUT2D eigenvalue weighted by molar-refractivity contribution is 0.0238. The fourth-order valence-corrected chi connectivity index (χ4v) is 2.86. The Hall–Kier alpha value is -2.38. The van der Waals surface area contributed by atoms with Gasteiger partial charge >= 0.3 is 6.09 Å². The van der Waals surface area contributed by atoms with E-state index >= 15 is 0 Å². The van der Waals surface area contributed by atoms with Crippen LogP contribution in [0, 0.1) is 0 Å². The zero-order chi connectivity index (χ0) is 17.1. The van der Waals surface area contributed by atoms with Crippen molar-refractivity contribution in [2.24, 2.45) is 7.05 Å². The van der Waals surface area contributed by atoms with Crippen molar-refractivity contribution in [3.8, 4) is 11.6 Å². The molecule has 8 heteroatoms. The Kier molecular flexibility index (Phi) is 3.20. The molecule has 0 unspecified atom stereocenters. The number of ether oxygens (including phenoxy) is 1. The lowest BCUT2D eigenvalue weighted by Crippen LogP contribution is -2.33. The molecule has 128 valence electrons. The molecule has 1 amide bonds. The Bertz CT molecular complexity index is 797. The summed E-state index contributed by atoms with van der Waals surface area (Å²) in [6.45, 7) is 6.49. The highest BCUT2D eigenvalue weighted by molar-refractivity contribution is 5.70. The number of fused-ring (bicyclic) bond motifs is 1. The van der Waals surface area contributed by atoms with E-state index < -0.39 is 5.60 Å². The fraction of sp³-hybridized carbons (Fsp3) is 0.625. The van der Waals surface area contributed by atoms with Crippen molar-refractivity contribution in [2.45, 2.75) is 58.2 Å². The maximum atomic E-state index is 12.3. The SMILES string of the molecule is Cn1nc(-c2nc(C3CC3)no2)c2c1CN(C(=O)OC(C)(C)C)C2. The van der Waals surface area contributed by atoms with Gasteiger partial charge in [-0.1, -0.05) is 5.16 Å². The summed E-state index contributed by atoms with van der Waals surface area (Å²) in [7, 11) is 1.86. The molecule has 1 aliphatic carbocycles. The molecule has 0 N–H and O–H groups in total. The van der Waals surface area contributed by atoms with Crippen molar-refractivity contribution in [2.75, 3.05) is 0 Å². The molecule has 0 saturated heterocycles. The summed E-state index contributed by atoms with van der Waals surface area (Å²) in [5, 5.41) is 8.56. The second-order valence-corrected chi connectivity index (χ2v) is 7.47. The third-order valence-corrected chi connectivity index (χ3v) is 4.20. The number of hydrogen-bond acceptors (Lipinski definition) is 6. The summed E-state index contributed by atoms with van der Waals surface area (Å²) in [5.41, 5.74) is 2.08. The zero-order valence-electron chi connectivity index (χ0n) is 14.4. The first-order valence-electron chi connectivity index (χ1n) is 8.18. The number of nitrogens with zero attached hydrogens (tertiary/aromatic N) is 5. The van der Waals surface area contributed by atoms with E-state index in [-0.39, 0.29) is 6.09 Å². The van der Waals surface area contributed by atoms with Crippen molar-refractivity contribution in [3.63, 3.8) is 0 Å². The standard InChI is InChI=1S/C16H21N5O3/c1-16(2,3)23-15(22)21-7-10-11(8-21)20(4)18-12(10)14-17-13(19-24-14)9-5-6-9/h9H,5-8H2,1-4H3. The average Bonchev–Trinajstić information content (AvgIpc) is 2.96. The quantitative estimate of drug-likeness (QED) is 0.841. The van der Waals surface area contributed by atoms with E-state index in [4.69, 9.17) is 9.26 Å². The van der Waals surface area contributed by atoms with Gasteiger partial charge in [-0.2, -0.15) is 10.1 Å². The Labute approximate surface area is 139 Å². The van der Waals surface area contributed by atoms with Crippen LogP contribution in [0.15, 0.2) is 4.52 Å². The lowest BCUT2D eigenvalue weighted by atomic mass is 10.2. The maximum Gasteiger partial charge on any atom is 0.410 e. The van der Waals surface area contributed by atoms with Gasteiger partial charge in [0.2, 0.25) is 0 Å². The van der Waals surface area contributed by atoms with Crippen LogP contribution in [0.25, 0.3) is 11.6 Å².